The van der Waals surface area contributed by atoms with Crippen molar-refractivity contribution in [2.75, 3.05) is 7.11 Å². The SMILES string of the molecule is COC(=O)Oc1ccc([Si]2O[Si]3(C)O[Si]4(C)O[Si]5(C)O[Si](c6ccc(C)cc6)O[Si]6(C)O[Si](C)(O[Si](C)(O2)O[Si](C)(O6)O[Si](C)(O5)O3)O4)cc1.[Y].[Y]. The van der Waals surface area contributed by atoms with E-state index in [1.165, 1.54) is 7.11 Å². The Morgan fingerprint density at radius 2 is 0.750 bits per heavy atom. The fraction of sp³-hybridized carbons (Fsp3) is 0.435. The van der Waals surface area contributed by atoms with Gasteiger partial charge < -0.3 is 67.1 Å². The summed E-state index contributed by atoms with van der Waals surface area (Å²) >= 11 is 0. The summed E-state index contributed by atoms with van der Waals surface area (Å²) < 4.78 is 106. The van der Waals surface area contributed by atoms with Gasteiger partial charge in [-0.25, -0.2) is 4.79 Å². The first kappa shape index (κ1) is 44.6. The number of carbonyl (C=O) groups excluding carboxylic acids is 1. The number of rotatable bonds is 3. The van der Waals surface area contributed by atoms with Crippen LogP contribution in [0.4, 0.5) is 4.79 Å². The normalized spacial score (nSPS) is 42.0. The maximum atomic E-state index is 11.7. The van der Waals surface area contributed by atoms with Crippen LogP contribution in [-0.2, 0) is 128 Å². The van der Waals surface area contributed by atoms with Crippen molar-refractivity contribution >= 4 is 106 Å². The topological polar surface area (TPSA) is 165 Å². The molecule has 2 aromatic carbocycles. The molecule has 29 heteroatoms. The maximum Gasteiger partial charge on any atom is 0.513 e. The molecule has 6 fully saturated rings. The van der Waals surface area contributed by atoms with Gasteiger partial charge in [0.15, 0.2) is 0 Å². The predicted molar refractivity (Wildman–Crippen MR) is 190 cm³/mol. The molecule has 52 heavy (non-hydrogen) atoms. The summed E-state index contributed by atoms with van der Waals surface area (Å²) in [4.78, 5) is 11.7. The van der Waals surface area contributed by atoms with Gasteiger partial charge in [-0.2, -0.15) is 0 Å². The van der Waals surface area contributed by atoms with E-state index >= 15 is 0 Å². The van der Waals surface area contributed by atoms with E-state index < -0.39 is 95.2 Å². The number of aryl methyl sites for hydroxylation is 1. The molecule has 17 nitrogen and oxygen atoms in total. The zero-order chi connectivity index (χ0) is 36.0. The minimum absolute atomic E-state index is 0. The molecule has 4 radical (unpaired) electrons. The molecule has 278 valence electrons. The van der Waals surface area contributed by atoms with Gasteiger partial charge in [0, 0.05) is 118 Å². The molecule has 4 unspecified atom stereocenters. The Kier molecular flexibility index (Phi) is 13.4. The average Bonchev–Trinajstić information content (AvgIpc) is 2.92. The van der Waals surface area contributed by atoms with Crippen molar-refractivity contribution in [2.24, 2.45) is 0 Å². The Balaban J connectivity index is 0.00000261. The average molecular weight is 1050 g/mol. The smallest absolute Gasteiger partial charge is 0.437 e. The van der Waals surface area contributed by atoms with Crippen molar-refractivity contribution in [2.45, 2.75) is 59.3 Å². The van der Waals surface area contributed by atoms with E-state index in [9.17, 15) is 4.79 Å². The Morgan fingerprint density at radius 3 is 1.04 bits per heavy atom. The quantitative estimate of drug-likeness (QED) is 0.249. The number of hydrogen-bond donors (Lipinski definition) is 0. The molecule has 0 aromatic heterocycles. The van der Waals surface area contributed by atoms with Crippen LogP contribution >= 0.6 is 0 Å². The molecular weight excluding hydrogens is 1010 g/mol. The summed E-state index contributed by atoms with van der Waals surface area (Å²) in [6.45, 7) is 15.8. The molecule has 2 aromatic rings. The fourth-order valence-corrected chi connectivity index (χ4v) is 55.5. The second-order valence-electron chi connectivity index (χ2n) is 12.8. The van der Waals surface area contributed by atoms with Crippen LogP contribution in [-0.4, -0.2) is 102 Å². The number of hydrogen-bond acceptors (Lipinski definition) is 17. The first-order chi connectivity index (χ1) is 23.1. The van der Waals surface area contributed by atoms with Gasteiger partial charge in [0.1, 0.15) is 5.75 Å². The van der Waals surface area contributed by atoms with Gasteiger partial charge in [0.05, 0.1) is 7.11 Å². The molecule has 0 amide bonds. The number of fused-ring (bicyclic) bond motifs is 4. The third-order valence-corrected chi connectivity index (χ3v) is 47.7. The monoisotopic (exact) mass is 1040 g/mol. The molecule has 0 spiro atoms. The van der Waals surface area contributed by atoms with Gasteiger partial charge in [-0.15, -0.1) is 0 Å². The van der Waals surface area contributed by atoms with Crippen LogP contribution < -0.4 is 15.1 Å². The van der Waals surface area contributed by atoms with Crippen LogP contribution in [0.5, 0.6) is 5.75 Å². The van der Waals surface area contributed by atoms with E-state index in [0.29, 0.717) is 5.19 Å². The molecule has 8 bridgehead atoms. The summed E-state index contributed by atoms with van der Waals surface area (Å²) in [5.74, 6) is 0.257. The minimum Gasteiger partial charge on any atom is -0.437 e. The maximum absolute atomic E-state index is 11.7. The van der Waals surface area contributed by atoms with Crippen LogP contribution in [0, 0.1) is 6.92 Å². The molecule has 4 atom stereocenters. The first-order valence-electron chi connectivity index (χ1n) is 15.6. The number of benzene rings is 2. The molecule has 0 aliphatic carbocycles. The summed E-state index contributed by atoms with van der Waals surface area (Å²) in [6, 6.07) is 14.5. The van der Waals surface area contributed by atoms with Crippen LogP contribution in [0.1, 0.15) is 5.56 Å². The van der Waals surface area contributed by atoms with Gasteiger partial charge in [0.2, 0.25) is 0 Å². The molecule has 8 rings (SSSR count). The molecular formula is C23H38O17Si10Y2. The van der Waals surface area contributed by atoms with Crippen molar-refractivity contribution in [1.82, 2.24) is 0 Å². The molecule has 0 N–H and O–H groups in total. The van der Waals surface area contributed by atoms with Gasteiger partial charge in [-0.1, -0.05) is 42.0 Å². The summed E-state index contributed by atoms with van der Waals surface area (Å²) in [5.41, 5.74) is 1.07. The molecule has 0 saturated carbocycles. The predicted octanol–water partition coefficient (Wildman–Crippen LogP) is 2.08. The van der Waals surface area contributed by atoms with Crippen molar-refractivity contribution < 1.29 is 137 Å². The van der Waals surface area contributed by atoms with E-state index in [4.69, 9.17) is 62.3 Å². The van der Waals surface area contributed by atoms with Crippen LogP contribution in [0.3, 0.4) is 0 Å². The van der Waals surface area contributed by atoms with Gasteiger partial charge >= 0.3 is 95.2 Å². The number of methoxy groups -OCH3 is 1. The third kappa shape index (κ3) is 9.86. The second-order valence-corrected chi connectivity index (χ2v) is 40.4. The molecule has 6 saturated heterocycles. The Bertz CT molecular complexity index is 1550. The van der Waals surface area contributed by atoms with E-state index in [1.807, 2.05) is 31.2 Å². The zero-order valence-electron chi connectivity index (χ0n) is 30.2. The standard InChI is InChI=1S/C23H38O17Si10.2Y/c1-19-11-15-21(16-12-19)41-27-43(3)31-47(7)35-45(5)29-42(22-17-13-20(14-18-22)26-23(24)25-2)30-46(6)37-49(9,39-47)33-44(4,28-41)34-50(10,38-46)40-48(8,32-43)36-45;;/h11-18H,1-10H3;;. The fourth-order valence-electron chi connectivity index (χ4n) is 6.31. The van der Waals surface area contributed by atoms with Crippen molar-refractivity contribution in [3.8, 4) is 5.75 Å². The minimum atomic E-state index is -3.96. The van der Waals surface area contributed by atoms with Crippen LogP contribution in [0.25, 0.3) is 0 Å². The van der Waals surface area contributed by atoms with Gasteiger partial charge in [0.25, 0.3) is 0 Å². The first-order valence-corrected chi connectivity index (χ1v) is 36.0. The van der Waals surface area contributed by atoms with Crippen molar-refractivity contribution in [3.05, 3.63) is 54.1 Å². The van der Waals surface area contributed by atoms with E-state index in [1.54, 1.807) is 76.6 Å². The van der Waals surface area contributed by atoms with Gasteiger partial charge in [-0.05, 0) is 29.4 Å². The summed E-state index contributed by atoms with van der Waals surface area (Å²) in [6.07, 6.45) is -0.853. The summed E-state index contributed by atoms with van der Waals surface area (Å²) in [7, 11) is -35.1. The Labute approximate surface area is 365 Å². The van der Waals surface area contributed by atoms with Crippen LogP contribution in [0.2, 0.25) is 52.4 Å². The number of ether oxygens (including phenoxy) is 2. The molecule has 6 heterocycles. The summed E-state index contributed by atoms with van der Waals surface area (Å²) in [5, 5.41) is 1.40. The Morgan fingerprint density at radius 1 is 0.481 bits per heavy atom. The molecule has 6 aliphatic rings. The van der Waals surface area contributed by atoms with Crippen molar-refractivity contribution in [3.63, 3.8) is 0 Å². The van der Waals surface area contributed by atoms with E-state index in [0.717, 1.165) is 10.8 Å². The van der Waals surface area contributed by atoms with Gasteiger partial charge in [-0.3, -0.25) is 0 Å². The van der Waals surface area contributed by atoms with Crippen LogP contribution in [0.15, 0.2) is 48.5 Å². The third-order valence-electron chi connectivity index (χ3n) is 7.57. The van der Waals surface area contributed by atoms with E-state index in [2.05, 4.69) is 4.74 Å². The Hall–Kier alpha value is 1.53. The zero-order valence-corrected chi connectivity index (χ0v) is 45.9. The second kappa shape index (κ2) is 15.6. The molecule has 6 aliphatic heterocycles. The largest absolute Gasteiger partial charge is 0.513 e. The van der Waals surface area contributed by atoms with Crippen molar-refractivity contribution in [1.29, 1.82) is 0 Å². The number of carbonyl (C=O) groups is 1. The van der Waals surface area contributed by atoms with E-state index in [-0.39, 0.29) is 71.2 Å².